The van der Waals surface area contributed by atoms with E-state index in [4.69, 9.17) is 0 Å². The number of rotatable bonds is 8. The number of carbonyl (C=O) groups excluding carboxylic acids is 1. The fourth-order valence-corrected chi connectivity index (χ4v) is 8.34. The highest BCUT2D eigenvalue weighted by Crippen LogP contribution is 2.47. The van der Waals surface area contributed by atoms with Crippen LogP contribution in [0.15, 0.2) is 110 Å². The summed E-state index contributed by atoms with van der Waals surface area (Å²) < 4.78 is 3.29. The molecule has 1 aromatic heterocycles. The SMILES string of the molecule is CCCCN1/C(=C\C2=C([O-])C(=c3ccc(=c4c(=O)c(=Cc5sc6ccccc6[n+]5CCCC)c4=O)cc3)C2=O)Sc2ccccc21. The van der Waals surface area contributed by atoms with Crippen LogP contribution in [0.3, 0.4) is 0 Å². The van der Waals surface area contributed by atoms with Gasteiger partial charge in [0, 0.05) is 41.1 Å². The number of hydrogen-bond donors (Lipinski definition) is 0. The van der Waals surface area contributed by atoms with E-state index < -0.39 is 0 Å². The molecule has 1 aliphatic carbocycles. The van der Waals surface area contributed by atoms with Crippen molar-refractivity contribution in [2.45, 2.75) is 51.0 Å². The van der Waals surface area contributed by atoms with Crippen LogP contribution in [0.5, 0.6) is 0 Å². The van der Waals surface area contributed by atoms with Gasteiger partial charge in [-0.3, -0.25) is 14.4 Å². The number of allylic oxidation sites excluding steroid dienone is 3. The molecule has 2 heterocycles. The predicted molar refractivity (Wildman–Crippen MR) is 183 cm³/mol. The van der Waals surface area contributed by atoms with Crippen LogP contribution < -0.4 is 35.9 Å². The van der Waals surface area contributed by atoms with E-state index in [0.29, 0.717) is 10.4 Å². The first-order valence-corrected chi connectivity index (χ1v) is 17.3. The predicted octanol–water partition coefficient (Wildman–Crippen LogP) is 4.30. The summed E-state index contributed by atoms with van der Waals surface area (Å²) in [6, 6.07) is 22.8. The number of aromatic nitrogens is 1. The Labute approximate surface area is 274 Å². The zero-order chi connectivity index (χ0) is 31.9. The van der Waals surface area contributed by atoms with Crippen molar-refractivity contribution in [3.05, 3.63) is 142 Å². The summed E-state index contributed by atoms with van der Waals surface area (Å²) in [6.07, 6.45) is 7.52. The zero-order valence-corrected chi connectivity index (χ0v) is 27.3. The number of thiazole rings is 1. The molecule has 230 valence electrons. The van der Waals surface area contributed by atoms with E-state index in [1.54, 1.807) is 59.5 Å². The third-order valence-electron chi connectivity index (χ3n) is 8.63. The number of aryl methyl sites for hydroxylation is 1. The Balaban J connectivity index is 1.23. The second-order valence-corrected chi connectivity index (χ2v) is 13.7. The smallest absolute Gasteiger partial charge is 0.263 e. The van der Waals surface area contributed by atoms with Crippen molar-refractivity contribution in [3.63, 3.8) is 0 Å². The maximum absolute atomic E-state index is 13.2. The second-order valence-electron chi connectivity index (χ2n) is 11.6. The molecule has 0 saturated heterocycles. The molecule has 1 aliphatic heterocycles. The van der Waals surface area contributed by atoms with Gasteiger partial charge in [0.25, 0.3) is 5.01 Å². The Morgan fingerprint density at radius 2 is 1.52 bits per heavy atom. The van der Waals surface area contributed by atoms with Crippen LogP contribution in [0.1, 0.15) is 44.5 Å². The second kappa shape index (κ2) is 12.3. The van der Waals surface area contributed by atoms with Crippen molar-refractivity contribution in [2.75, 3.05) is 11.4 Å². The van der Waals surface area contributed by atoms with Gasteiger partial charge in [-0.15, -0.1) is 0 Å². The first kappa shape index (κ1) is 30.1. The highest BCUT2D eigenvalue weighted by Gasteiger charge is 2.30. The standard InChI is InChI=1S/C38H32N2O4S2/c1-3-5-19-39-27-11-7-9-13-29(27)45-31(39)21-25-35(41)33(36(25)42)23-15-17-24(18-16-23)34-37(43)26(38(34)44)22-32-40(20-6-4-2)28-12-8-10-14-30(28)46-32/h7-18,21-22H,3-6,19-20H2,1-2H3/b31-21+. The van der Waals surface area contributed by atoms with Gasteiger partial charge >= 0.3 is 0 Å². The van der Waals surface area contributed by atoms with Crippen LogP contribution in [0.2, 0.25) is 0 Å². The number of hydrogen-bond acceptors (Lipinski definition) is 7. The highest BCUT2D eigenvalue weighted by atomic mass is 32.2. The molecule has 0 N–H and O–H groups in total. The normalized spacial score (nSPS) is 15.3. The summed E-state index contributed by atoms with van der Waals surface area (Å²) >= 11 is 3.15. The fourth-order valence-electron chi connectivity index (χ4n) is 6.08. The first-order valence-electron chi connectivity index (χ1n) is 15.7. The first-order chi connectivity index (χ1) is 22.4. The van der Waals surface area contributed by atoms with Gasteiger partial charge < -0.3 is 10.0 Å². The van der Waals surface area contributed by atoms with Crippen LogP contribution in [-0.2, 0) is 11.3 Å². The lowest BCUT2D eigenvalue weighted by molar-refractivity contribution is -0.669. The van der Waals surface area contributed by atoms with E-state index in [0.717, 1.165) is 69.6 Å². The number of carbonyl (C=O) groups is 1. The number of nitrogens with zero attached hydrogens (tertiary/aromatic N) is 2. The molecule has 6 nitrogen and oxygen atoms in total. The van der Waals surface area contributed by atoms with E-state index in [-0.39, 0.29) is 44.0 Å². The van der Waals surface area contributed by atoms with Crippen LogP contribution in [0.25, 0.3) is 21.9 Å². The molecule has 0 radical (unpaired) electrons. The minimum atomic E-state index is -0.286. The summed E-state index contributed by atoms with van der Waals surface area (Å²) in [5.41, 5.74) is 1.94. The van der Waals surface area contributed by atoms with E-state index >= 15 is 0 Å². The monoisotopic (exact) mass is 644 g/mol. The minimum absolute atomic E-state index is 0.136. The molecule has 0 spiro atoms. The number of anilines is 1. The molecule has 0 saturated carbocycles. The largest absolute Gasteiger partial charge is 0.871 e. The molecule has 0 fully saturated rings. The molecule has 0 amide bonds. The van der Waals surface area contributed by atoms with Crippen molar-refractivity contribution in [2.24, 2.45) is 0 Å². The molecule has 0 atom stereocenters. The average Bonchev–Trinajstić information content (AvgIpc) is 3.62. The summed E-state index contributed by atoms with van der Waals surface area (Å²) in [4.78, 5) is 43.0. The molecular weight excluding hydrogens is 613 g/mol. The number of ketones is 1. The molecule has 8 heteroatoms. The van der Waals surface area contributed by atoms with E-state index in [9.17, 15) is 19.5 Å². The summed E-state index contributed by atoms with van der Waals surface area (Å²) in [5.74, 6) is -0.573. The van der Waals surface area contributed by atoms with Crippen LogP contribution >= 0.6 is 23.1 Å². The highest BCUT2D eigenvalue weighted by molar-refractivity contribution is 8.03. The molecule has 46 heavy (non-hydrogen) atoms. The van der Waals surface area contributed by atoms with Crippen LogP contribution in [0.4, 0.5) is 5.69 Å². The third kappa shape index (κ3) is 5.06. The van der Waals surface area contributed by atoms with Crippen molar-refractivity contribution in [1.82, 2.24) is 0 Å². The Morgan fingerprint density at radius 3 is 2.26 bits per heavy atom. The van der Waals surface area contributed by atoms with E-state index in [1.165, 1.54) is 0 Å². The minimum Gasteiger partial charge on any atom is -0.871 e. The van der Waals surface area contributed by atoms with Gasteiger partial charge in [-0.05, 0) is 41.1 Å². The summed E-state index contributed by atoms with van der Waals surface area (Å²) in [5, 5.41) is 16.3. The van der Waals surface area contributed by atoms with Gasteiger partial charge in [0.05, 0.1) is 21.2 Å². The van der Waals surface area contributed by atoms with Crippen molar-refractivity contribution in [3.8, 4) is 0 Å². The maximum atomic E-state index is 13.2. The van der Waals surface area contributed by atoms with E-state index in [2.05, 4.69) is 47.6 Å². The van der Waals surface area contributed by atoms with Crippen molar-refractivity contribution in [1.29, 1.82) is 0 Å². The number of unbranched alkanes of at least 4 members (excludes halogenated alkanes) is 2. The summed E-state index contributed by atoms with van der Waals surface area (Å²) in [7, 11) is 0. The molecule has 4 aromatic carbocycles. The quantitative estimate of drug-likeness (QED) is 0.235. The lowest BCUT2D eigenvalue weighted by Gasteiger charge is -2.30. The fraction of sp³-hybridized carbons (Fsp3) is 0.211. The van der Waals surface area contributed by atoms with Gasteiger partial charge in [-0.2, -0.15) is 4.57 Å². The van der Waals surface area contributed by atoms with Crippen molar-refractivity contribution >= 4 is 56.4 Å². The molecule has 2 aliphatic rings. The van der Waals surface area contributed by atoms with Gasteiger partial charge in [0.2, 0.25) is 16.4 Å². The molecule has 0 bridgehead atoms. The summed E-state index contributed by atoms with van der Waals surface area (Å²) in [6.45, 7) is 5.91. The Hall–Kier alpha value is -4.53. The van der Waals surface area contributed by atoms with Crippen molar-refractivity contribution < 1.29 is 14.5 Å². The Bertz CT molecular complexity index is 2360. The van der Waals surface area contributed by atoms with Gasteiger partial charge in [0.15, 0.2) is 12.3 Å². The third-order valence-corrected chi connectivity index (χ3v) is 10.9. The number of para-hydroxylation sites is 2. The maximum Gasteiger partial charge on any atom is 0.263 e. The van der Waals surface area contributed by atoms with Gasteiger partial charge in [0.1, 0.15) is 4.70 Å². The molecule has 7 rings (SSSR count). The molecule has 0 unspecified atom stereocenters. The van der Waals surface area contributed by atoms with Crippen LogP contribution in [0, 0.1) is 10.4 Å². The lowest BCUT2D eigenvalue weighted by atomic mass is 9.86. The lowest BCUT2D eigenvalue weighted by Crippen LogP contribution is -2.50. The van der Waals surface area contributed by atoms with Gasteiger partial charge in [-0.1, -0.05) is 104 Å². The number of Topliss-reactive ketones (excluding diaryl/α,β-unsaturated/α-hetero) is 1. The van der Waals surface area contributed by atoms with E-state index in [1.807, 2.05) is 24.3 Å². The molecular formula is C38H32N2O4S2. The average molecular weight is 645 g/mol. The Kier molecular flexibility index (Phi) is 8.09. The number of thioether (sulfide) groups is 1. The topological polar surface area (TPSA) is 81.4 Å². The number of fused-ring (bicyclic) bond motifs is 2. The molecule has 5 aromatic rings. The number of benzene rings is 3. The Morgan fingerprint density at radius 1 is 0.826 bits per heavy atom. The van der Waals surface area contributed by atoms with Crippen LogP contribution in [-0.4, -0.2) is 12.3 Å². The van der Waals surface area contributed by atoms with Gasteiger partial charge in [-0.25, -0.2) is 0 Å². The zero-order valence-electron chi connectivity index (χ0n) is 25.7.